The fourth-order valence-corrected chi connectivity index (χ4v) is 2.56. The summed E-state index contributed by atoms with van der Waals surface area (Å²) < 4.78 is 4.82. The van der Waals surface area contributed by atoms with Gasteiger partial charge in [-0.3, -0.25) is 4.79 Å². The third-order valence-corrected chi connectivity index (χ3v) is 3.85. The van der Waals surface area contributed by atoms with Crippen molar-refractivity contribution in [3.05, 3.63) is 0 Å². The van der Waals surface area contributed by atoms with E-state index in [1.807, 2.05) is 0 Å². The molecule has 0 aromatic carbocycles. The largest absolute Gasteiger partial charge is 0.466 e. The summed E-state index contributed by atoms with van der Waals surface area (Å²) in [5.74, 6) is -0.284. The first-order valence-electron chi connectivity index (χ1n) is 9.04. The van der Waals surface area contributed by atoms with Gasteiger partial charge in [-0.2, -0.15) is 0 Å². The molecule has 3 heteroatoms. The summed E-state index contributed by atoms with van der Waals surface area (Å²) in [5, 5.41) is 9.69. The quantitative estimate of drug-likeness (QED) is 0.342. The molecule has 1 N–H and O–H groups in total. The monoisotopic (exact) mass is 300 g/mol. The maximum Gasteiger partial charge on any atom is 0.308 e. The maximum absolute atomic E-state index is 11.2. The molecule has 0 radical (unpaired) electrons. The molecule has 0 amide bonds. The van der Waals surface area contributed by atoms with E-state index in [-0.39, 0.29) is 12.4 Å². The highest BCUT2D eigenvalue weighted by Gasteiger charge is 2.10. The molecule has 0 rings (SSSR count). The summed E-state index contributed by atoms with van der Waals surface area (Å²) in [5.41, 5.74) is 0. The van der Waals surface area contributed by atoms with E-state index in [1.165, 1.54) is 57.8 Å². The van der Waals surface area contributed by atoms with Crippen LogP contribution in [0.25, 0.3) is 0 Å². The van der Waals surface area contributed by atoms with Crippen molar-refractivity contribution in [2.24, 2.45) is 0 Å². The van der Waals surface area contributed by atoms with Gasteiger partial charge in [-0.1, -0.05) is 77.6 Å². The first-order valence-corrected chi connectivity index (χ1v) is 9.04. The van der Waals surface area contributed by atoms with Gasteiger partial charge in [-0.05, 0) is 13.3 Å². The summed E-state index contributed by atoms with van der Waals surface area (Å²) in [4.78, 5) is 11.2. The lowest BCUT2D eigenvalue weighted by atomic mass is 10.0. The van der Waals surface area contributed by atoms with Crippen molar-refractivity contribution >= 4 is 5.97 Å². The van der Waals surface area contributed by atoms with Crippen LogP contribution in [0.3, 0.4) is 0 Å². The Hall–Kier alpha value is -0.570. The van der Waals surface area contributed by atoms with Crippen molar-refractivity contribution in [2.45, 2.75) is 103 Å². The number of carbonyl (C=O) groups is 1. The van der Waals surface area contributed by atoms with E-state index in [1.54, 1.807) is 6.92 Å². The van der Waals surface area contributed by atoms with Crippen LogP contribution in [0, 0.1) is 0 Å². The number of rotatable bonds is 15. The average molecular weight is 300 g/mol. The van der Waals surface area contributed by atoms with E-state index >= 15 is 0 Å². The van der Waals surface area contributed by atoms with Crippen LogP contribution >= 0.6 is 0 Å². The molecule has 0 fully saturated rings. The molecule has 1 atom stereocenters. The Balaban J connectivity index is 3.19. The predicted octanol–water partition coefficient (Wildman–Crippen LogP) is 5.00. The van der Waals surface area contributed by atoms with Gasteiger partial charge in [-0.25, -0.2) is 0 Å². The number of unbranched alkanes of at least 4 members (excludes halogenated alkanes) is 10. The molecule has 0 saturated carbocycles. The number of esters is 1. The van der Waals surface area contributed by atoms with E-state index in [4.69, 9.17) is 4.74 Å². The minimum Gasteiger partial charge on any atom is -0.466 e. The third kappa shape index (κ3) is 15.6. The lowest BCUT2D eigenvalue weighted by Crippen LogP contribution is -2.15. The second-order valence-electron chi connectivity index (χ2n) is 5.99. The molecular formula is C18H36O3. The molecule has 126 valence electrons. The Morgan fingerprint density at radius 2 is 1.33 bits per heavy atom. The number of aliphatic hydroxyl groups excluding tert-OH is 1. The van der Waals surface area contributed by atoms with Crippen LogP contribution in [0.5, 0.6) is 0 Å². The van der Waals surface area contributed by atoms with Gasteiger partial charge in [0.2, 0.25) is 0 Å². The highest BCUT2D eigenvalue weighted by atomic mass is 16.5. The van der Waals surface area contributed by atoms with Crippen LogP contribution < -0.4 is 0 Å². The van der Waals surface area contributed by atoms with Gasteiger partial charge >= 0.3 is 5.97 Å². The first kappa shape index (κ1) is 20.4. The molecule has 0 aliphatic heterocycles. The van der Waals surface area contributed by atoms with Crippen molar-refractivity contribution in [2.75, 3.05) is 6.61 Å². The number of ether oxygens (including phenoxy) is 1. The van der Waals surface area contributed by atoms with Crippen LogP contribution in [0.1, 0.15) is 97.3 Å². The van der Waals surface area contributed by atoms with E-state index in [9.17, 15) is 9.90 Å². The molecule has 0 spiro atoms. The SMILES string of the molecule is CCCCCCCCCCCCC[C@@H](O)CC(=O)OCC. The third-order valence-electron chi connectivity index (χ3n) is 3.85. The summed E-state index contributed by atoms with van der Waals surface area (Å²) in [6.07, 6.45) is 14.7. The van der Waals surface area contributed by atoms with E-state index in [0.29, 0.717) is 6.61 Å². The number of hydrogen-bond acceptors (Lipinski definition) is 3. The fourth-order valence-electron chi connectivity index (χ4n) is 2.56. The van der Waals surface area contributed by atoms with Crippen molar-refractivity contribution in [1.82, 2.24) is 0 Å². The summed E-state index contributed by atoms with van der Waals surface area (Å²) in [7, 11) is 0. The minimum absolute atomic E-state index is 0.144. The topological polar surface area (TPSA) is 46.5 Å². The maximum atomic E-state index is 11.2. The zero-order chi connectivity index (χ0) is 15.8. The number of aliphatic hydroxyl groups is 1. The average Bonchev–Trinajstić information content (AvgIpc) is 2.45. The van der Waals surface area contributed by atoms with Crippen molar-refractivity contribution < 1.29 is 14.6 Å². The second kappa shape index (κ2) is 15.8. The molecule has 0 saturated heterocycles. The zero-order valence-corrected chi connectivity index (χ0v) is 14.2. The predicted molar refractivity (Wildman–Crippen MR) is 88.3 cm³/mol. The highest BCUT2D eigenvalue weighted by Crippen LogP contribution is 2.13. The lowest BCUT2D eigenvalue weighted by molar-refractivity contribution is -0.145. The Bertz CT molecular complexity index is 229. The van der Waals surface area contributed by atoms with Gasteiger partial charge in [0, 0.05) is 0 Å². The second-order valence-corrected chi connectivity index (χ2v) is 5.99. The highest BCUT2D eigenvalue weighted by molar-refractivity contribution is 5.69. The van der Waals surface area contributed by atoms with Crippen LogP contribution in [0.4, 0.5) is 0 Å². The molecule has 0 heterocycles. The smallest absolute Gasteiger partial charge is 0.308 e. The van der Waals surface area contributed by atoms with Crippen LogP contribution in [0.2, 0.25) is 0 Å². The van der Waals surface area contributed by atoms with Crippen molar-refractivity contribution in [1.29, 1.82) is 0 Å². The van der Waals surface area contributed by atoms with Gasteiger partial charge in [-0.15, -0.1) is 0 Å². The zero-order valence-electron chi connectivity index (χ0n) is 14.2. The standard InChI is InChI=1S/C18H36O3/c1-3-5-6-7-8-9-10-11-12-13-14-15-17(19)16-18(20)21-4-2/h17,19H,3-16H2,1-2H3/t17-/m1/s1. The molecular weight excluding hydrogens is 264 g/mol. The molecule has 0 aromatic rings. The van der Waals surface area contributed by atoms with Crippen molar-refractivity contribution in [3.8, 4) is 0 Å². The Morgan fingerprint density at radius 1 is 0.857 bits per heavy atom. The summed E-state index contributed by atoms with van der Waals surface area (Å²) in [6, 6.07) is 0. The van der Waals surface area contributed by atoms with E-state index in [2.05, 4.69) is 6.92 Å². The minimum atomic E-state index is -0.525. The molecule has 0 aliphatic rings. The molecule has 0 bridgehead atoms. The van der Waals surface area contributed by atoms with Gasteiger partial charge in [0.15, 0.2) is 0 Å². The Labute approximate surface area is 131 Å². The Morgan fingerprint density at radius 3 is 1.81 bits per heavy atom. The molecule has 0 aliphatic carbocycles. The van der Waals surface area contributed by atoms with Gasteiger partial charge in [0.05, 0.1) is 19.1 Å². The van der Waals surface area contributed by atoms with Gasteiger partial charge in [0.1, 0.15) is 0 Å². The van der Waals surface area contributed by atoms with E-state index < -0.39 is 6.10 Å². The summed E-state index contributed by atoms with van der Waals surface area (Å²) >= 11 is 0. The molecule has 0 unspecified atom stereocenters. The van der Waals surface area contributed by atoms with Crippen LogP contribution in [0.15, 0.2) is 0 Å². The first-order chi connectivity index (χ1) is 10.2. The normalized spacial score (nSPS) is 12.3. The fraction of sp³-hybridized carbons (Fsp3) is 0.944. The number of carbonyl (C=O) groups excluding carboxylic acids is 1. The molecule has 3 nitrogen and oxygen atoms in total. The number of hydrogen-bond donors (Lipinski definition) is 1. The van der Waals surface area contributed by atoms with Crippen molar-refractivity contribution in [3.63, 3.8) is 0 Å². The van der Waals surface area contributed by atoms with Crippen LogP contribution in [-0.2, 0) is 9.53 Å². The molecule has 0 aromatic heterocycles. The molecule has 21 heavy (non-hydrogen) atoms. The Kier molecular flexibility index (Phi) is 15.4. The van der Waals surface area contributed by atoms with Gasteiger partial charge in [0.25, 0.3) is 0 Å². The lowest BCUT2D eigenvalue weighted by Gasteiger charge is -2.09. The van der Waals surface area contributed by atoms with Gasteiger partial charge < -0.3 is 9.84 Å². The van der Waals surface area contributed by atoms with Crippen LogP contribution in [-0.4, -0.2) is 23.8 Å². The van der Waals surface area contributed by atoms with E-state index in [0.717, 1.165) is 19.3 Å². The summed E-state index contributed by atoms with van der Waals surface area (Å²) in [6.45, 7) is 4.43.